The third-order valence-electron chi connectivity index (χ3n) is 4.80. The molecule has 3 rings (SSSR count). The topological polar surface area (TPSA) is 82.6 Å². The van der Waals surface area contributed by atoms with Gasteiger partial charge in [0.15, 0.2) is 0 Å². The number of amides is 1. The molecule has 0 saturated carbocycles. The number of aromatic nitrogens is 1. The number of carbonyl (C=O) groups excluding carboxylic acids is 1. The van der Waals surface area contributed by atoms with E-state index in [9.17, 15) is 13.2 Å². The fourth-order valence-corrected chi connectivity index (χ4v) is 3.94. The second kappa shape index (κ2) is 8.89. The normalized spacial score (nSPS) is 14.9. The van der Waals surface area contributed by atoms with E-state index in [2.05, 4.69) is 14.6 Å². The number of hydrogen-bond donors (Lipinski definition) is 1. The van der Waals surface area contributed by atoms with E-state index >= 15 is 0 Å². The van der Waals surface area contributed by atoms with Gasteiger partial charge < -0.3 is 9.80 Å². The zero-order valence-corrected chi connectivity index (χ0v) is 17.2. The Morgan fingerprint density at radius 1 is 1.11 bits per heavy atom. The molecule has 1 N–H and O–H groups in total. The Hall–Kier alpha value is -2.16. The number of halogens is 1. The first-order valence-electron chi connectivity index (χ1n) is 9.06. The number of pyridine rings is 1. The molecular formula is C19H23ClN4O3S. The SMILES string of the molecule is CNS(=O)(=O)c1ccc(CCC(=O)N2CCN(c3ccc(Cl)cn3)CC2)cc1. The van der Waals surface area contributed by atoms with Gasteiger partial charge in [-0.2, -0.15) is 0 Å². The van der Waals surface area contributed by atoms with Gasteiger partial charge in [-0.25, -0.2) is 18.1 Å². The number of aryl methyl sites for hydroxylation is 1. The number of sulfonamides is 1. The number of hydrogen-bond acceptors (Lipinski definition) is 5. The van der Waals surface area contributed by atoms with Crippen LogP contribution in [0.5, 0.6) is 0 Å². The van der Waals surface area contributed by atoms with Crippen LogP contribution < -0.4 is 9.62 Å². The van der Waals surface area contributed by atoms with E-state index in [1.165, 1.54) is 7.05 Å². The first-order valence-corrected chi connectivity index (χ1v) is 10.9. The molecule has 1 aliphatic rings. The van der Waals surface area contributed by atoms with Gasteiger partial charge in [0.1, 0.15) is 5.82 Å². The van der Waals surface area contributed by atoms with Crippen molar-refractivity contribution in [2.75, 3.05) is 38.1 Å². The highest BCUT2D eigenvalue weighted by Crippen LogP contribution is 2.17. The number of carbonyl (C=O) groups is 1. The largest absolute Gasteiger partial charge is 0.353 e. The van der Waals surface area contributed by atoms with Crippen LogP contribution in [0, 0.1) is 0 Å². The number of nitrogens with one attached hydrogen (secondary N) is 1. The lowest BCUT2D eigenvalue weighted by atomic mass is 10.1. The number of anilines is 1. The van der Waals surface area contributed by atoms with E-state index in [4.69, 9.17) is 11.6 Å². The van der Waals surface area contributed by atoms with Gasteiger partial charge in [0.2, 0.25) is 15.9 Å². The standard InChI is InChI=1S/C19H23ClN4O3S/c1-21-28(26,27)17-6-2-15(3-7-17)4-9-19(25)24-12-10-23(11-13-24)18-8-5-16(20)14-22-18/h2-3,5-8,14,21H,4,9-13H2,1H3. The minimum Gasteiger partial charge on any atom is -0.353 e. The van der Waals surface area contributed by atoms with Crippen LogP contribution in [-0.2, 0) is 21.2 Å². The van der Waals surface area contributed by atoms with Gasteiger partial charge in [0, 0.05) is 38.8 Å². The van der Waals surface area contributed by atoms with Crippen molar-refractivity contribution in [2.24, 2.45) is 0 Å². The second-order valence-electron chi connectivity index (χ2n) is 6.55. The molecule has 0 aliphatic carbocycles. The van der Waals surface area contributed by atoms with Crippen LogP contribution in [0.2, 0.25) is 5.02 Å². The first-order chi connectivity index (χ1) is 13.4. The smallest absolute Gasteiger partial charge is 0.240 e. The van der Waals surface area contributed by atoms with Crippen LogP contribution in [0.4, 0.5) is 5.82 Å². The summed E-state index contributed by atoms with van der Waals surface area (Å²) < 4.78 is 25.8. The van der Waals surface area contributed by atoms with Crippen LogP contribution in [-0.4, -0.2) is 57.4 Å². The van der Waals surface area contributed by atoms with Crippen molar-refractivity contribution >= 4 is 33.3 Å². The fourth-order valence-electron chi connectivity index (χ4n) is 3.10. The molecule has 1 aromatic heterocycles. The van der Waals surface area contributed by atoms with Crippen LogP contribution in [0.1, 0.15) is 12.0 Å². The average Bonchev–Trinajstić information content (AvgIpc) is 2.73. The highest BCUT2D eigenvalue weighted by Gasteiger charge is 2.21. The molecule has 1 fully saturated rings. The van der Waals surface area contributed by atoms with Gasteiger partial charge in [0.25, 0.3) is 0 Å². The summed E-state index contributed by atoms with van der Waals surface area (Å²) in [5.74, 6) is 0.976. The van der Waals surface area contributed by atoms with Gasteiger partial charge in [0.05, 0.1) is 9.92 Å². The molecule has 1 amide bonds. The van der Waals surface area contributed by atoms with E-state index in [0.717, 1.165) is 24.5 Å². The zero-order valence-electron chi connectivity index (χ0n) is 15.6. The van der Waals surface area contributed by atoms with Crippen LogP contribution >= 0.6 is 11.6 Å². The first kappa shape index (κ1) is 20.6. The monoisotopic (exact) mass is 422 g/mol. The highest BCUT2D eigenvalue weighted by molar-refractivity contribution is 7.89. The maximum Gasteiger partial charge on any atom is 0.240 e. The predicted octanol–water partition coefficient (Wildman–Crippen LogP) is 1.92. The number of piperazine rings is 1. The fraction of sp³-hybridized carbons (Fsp3) is 0.368. The Balaban J connectivity index is 1.49. The summed E-state index contributed by atoms with van der Waals surface area (Å²) in [6, 6.07) is 10.3. The van der Waals surface area contributed by atoms with Crippen molar-refractivity contribution in [1.82, 2.24) is 14.6 Å². The number of nitrogens with zero attached hydrogens (tertiary/aromatic N) is 3. The molecular weight excluding hydrogens is 400 g/mol. The molecule has 7 nitrogen and oxygen atoms in total. The van der Waals surface area contributed by atoms with Crippen molar-refractivity contribution < 1.29 is 13.2 Å². The van der Waals surface area contributed by atoms with E-state index in [-0.39, 0.29) is 10.8 Å². The quantitative estimate of drug-likeness (QED) is 0.769. The molecule has 0 spiro atoms. The Morgan fingerprint density at radius 2 is 1.79 bits per heavy atom. The molecule has 1 saturated heterocycles. The molecule has 150 valence electrons. The minimum atomic E-state index is -3.44. The Labute approximate surface area is 170 Å². The third-order valence-corrected chi connectivity index (χ3v) is 6.45. The molecule has 9 heteroatoms. The Kier molecular flexibility index (Phi) is 6.53. The van der Waals surface area contributed by atoms with Gasteiger partial charge in [-0.15, -0.1) is 0 Å². The number of benzene rings is 1. The zero-order chi connectivity index (χ0) is 20.1. The molecule has 1 aromatic carbocycles. The van der Waals surface area contributed by atoms with Crippen molar-refractivity contribution in [3.05, 3.63) is 53.2 Å². The van der Waals surface area contributed by atoms with Crippen molar-refractivity contribution in [2.45, 2.75) is 17.7 Å². The summed E-state index contributed by atoms with van der Waals surface area (Å²) in [5, 5.41) is 0.606. The maximum atomic E-state index is 12.5. The summed E-state index contributed by atoms with van der Waals surface area (Å²) in [6.07, 6.45) is 2.61. The Morgan fingerprint density at radius 3 is 2.36 bits per heavy atom. The van der Waals surface area contributed by atoms with Crippen molar-refractivity contribution in [3.63, 3.8) is 0 Å². The lowest BCUT2D eigenvalue weighted by molar-refractivity contribution is -0.131. The van der Waals surface area contributed by atoms with E-state index in [0.29, 0.717) is 31.0 Å². The van der Waals surface area contributed by atoms with Gasteiger partial charge in [-0.05, 0) is 43.3 Å². The summed E-state index contributed by atoms with van der Waals surface area (Å²) in [5.41, 5.74) is 0.937. The average molecular weight is 423 g/mol. The maximum absolute atomic E-state index is 12.5. The summed E-state index contributed by atoms with van der Waals surface area (Å²) in [7, 11) is -2.06. The van der Waals surface area contributed by atoms with Crippen LogP contribution in [0.15, 0.2) is 47.5 Å². The third kappa shape index (κ3) is 5.01. The van der Waals surface area contributed by atoms with Gasteiger partial charge in [-0.1, -0.05) is 23.7 Å². The van der Waals surface area contributed by atoms with Gasteiger partial charge >= 0.3 is 0 Å². The molecule has 0 unspecified atom stereocenters. The number of rotatable bonds is 6. The Bertz CT molecular complexity index is 909. The molecule has 0 atom stereocenters. The highest BCUT2D eigenvalue weighted by atomic mass is 35.5. The molecule has 2 aromatic rings. The second-order valence-corrected chi connectivity index (χ2v) is 8.88. The molecule has 1 aliphatic heterocycles. The summed E-state index contributed by atoms with van der Waals surface area (Å²) in [6.45, 7) is 2.78. The molecule has 28 heavy (non-hydrogen) atoms. The molecule has 0 radical (unpaired) electrons. The van der Waals surface area contributed by atoms with Crippen LogP contribution in [0.3, 0.4) is 0 Å². The van der Waals surface area contributed by atoms with Crippen molar-refractivity contribution in [1.29, 1.82) is 0 Å². The van der Waals surface area contributed by atoms with E-state index < -0.39 is 10.0 Å². The lowest BCUT2D eigenvalue weighted by Gasteiger charge is -2.35. The lowest BCUT2D eigenvalue weighted by Crippen LogP contribution is -2.49. The molecule has 2 heterocycles. The van der Waals surface area contributed by atoms with Crippen molar-refractivity contribution in [3.8, 4) is 0 Å². The molecule has 0 bridgehead atoms. The minimum absolute atomic E-state index is 0.107. The van der Waals surface area contributed by atoms with Crippen LogP contribution in [0.25, 0.3) is 0 Å². The summed E-state index contributed by atoms with van der Waals surface area (Å²) >= 11 is 5.87. The van der Waals surface area contributed by atoms with E-state index in [1.807, 2.05) is 17.0 Å². The van der Waals surface area contributed by atoms with E-state index in [1.54, 1.807) is 30.5 Å². The summed E-state index contributed by atoms with van der Waals surface area (Å²) in [4.78, 5) is 21.0. The predicted molar refractivity (Wildman–Crippen MR) is 109 cm³/mol. The van der Waals surface area contributed by atoms with Gasteiger partial charge in [-0.3, -0.25) is 4.79 Å².